The Kier molecular flexibility index (Phi) is 31.4. The molecule has 266 valence electrons. The Morgan fingerprint density at radius 3 is 1.31 bits per heavy atom. The molecule has 1 rings (SSSR count). The molecule has 0 spiro atoms. The van der Waals surface area contributed by atoms with E-state index in [0.29, 0.717) is 18.1 Å². The van der Waals surface area contributed by atoms with E-state index in [9.17, 15) is 0 Å². The maximum absolute atomic E-state index is 6.72. The number of rotatable bonds is 34. The zero-order valence-electron chi connectivity index (χ0n) is 31.5. The normalized spacial score (nSPS) is 18.6. The molecule has 0 aromatic heterocycles. The zero-order valence-corrected chi connectivity index (χ0v) is 31.5. The molecule has 3 atom stereocenters. The van der Waals surface area contributed by atoms with Crippen LogP contribution in [-0.2, 0) is 4.74 Å². The summed E-state index contributed by atoms with van der Waals surface area (Å²) in [5.41, 5.74) is 0. The second-order valence-electron chi connectivity index (χ2n) is 15.0. The molecular weight excluding hydrogens is 546 g/mol. The maximum Gasteiger partial charge on any atom is 0.0772 e. The first-order chi connectivity index (χ1) is 22.2. The molecule has 1 aliphatic rings. The molecule has 0 saturated heterocycles. The first kappa shape index (κ1) is 42.4. The van der Waals surface area contributed by atoms with Crippen molar-refractivity contribution in [2.24, 2.45) is 5.92 Å². The lowest BCUT2D eigenvalue weighted by Gasteiger charge is -2.33. The Labute approximate surface area is 285 Å². The van der Waals surface area contributed by atoms with Gasteiger partial charge in [0.15, 0.2) is 0 Å². The Morgan fingerprint density at radius 1 is 0.467 bits per heavy atom. The minimum atomic E-state index is 0.319. The fourth-order valence-electron chi connectivity index (χ4n) is 7.04. The first-order valence-electron chi connectivity index (χ1n) is 20.8. The highest BCUT2D eigenvalue weighted by atomic mass is 16.5. The van der Waals surface area contributed by atoms with Gasteiger partial charge in [0.25, 0.3) is 0 Å². The van der Waals surface area contributed by atoms with E-state index in [2.05, 4.69) is 57.1 Å². The monoisotopic (exact) mass is 630 g/mol. The van der Waals surface area contributed by atoms with E-state index < -0.39 is 0 Å². The highest BCUT2D eigenvalue weighted by molar-refractivity contribution is 5.01. The van der Waals surface area contributed by atoms with Gasteiger partial charge in [0.2, 0.25) is 0 Å². The largest absolute Gasteiger partial charge is 0.370 e. The first-order valence-corrected chi connectivity index (χ1v) is 20.8. The fourth-order valence-corrected chi connectivity index (χ4v) is 7.04. The van der Waals surface area contributed by atoms with Crippen LogP contribution in [0.4, 0.5) is 0 Å². The van der Waals surface area contributed by atoms with E-state index in [1.807, 2.05) is 0 Å². The van der Waals surface area contributed by atoms with Crippen molar-refractivity contribution < 1.29 is 4.74 Å². The van der Waals surface area contributed by atoms with E-state index in [4.69, 9.17) is 4.74 Å². The number of hydrogen-bond acceptors (Lipinski definition) is 2. The van der Waals surface area contributed by atoms with Crippen molar-refractivity contribution in [2.75, 3.05) is 20.6 Å². The second kappa shape index (κ2) is 33.3. The quantitative estimate of drug-likeness (QED) is 0.0518. The Hall–Kier alpha value is -0.600. The Morgan fingerprint density at radius 2 is 0.867 bits per heavy atom. The summed E-state index contributed by atoms with van der Waals surface area (Å²) in [4.78, 5) is 2.29. The lowest BCUT2D eigenvalue weighted by Crippen LogP contribution is -2.33. The maximum atomic E-state index is 6.72. The minimum absolute atomic E-state index is 0.319. The third-order valence-corrected chi connectivity index (χ3v) is 10.2. The van der Waals surface area contributed by atoms with Crippen LogP contribution < -0.4 is 0 Å². The van der Waals surface area contributed by atoms with Crippen LogP contribution in [0.3, 0.4) is 0 Å². The van der Waals surface area contributed by atoms with Crippen LogP contribution >= 0.6 is 0 Å². The number of nitrogens with zero attached hydrogens (tertiary/aromatic N) is 1. The van der Waals surface area contributed by atoms with Crippen LogP contribution in [0.2, 0.25) is 0 Å². The van der Waals surface area contributed by atoms with Crippen molar-refractivity contribution in [3.05, 3.63) is 24.3 Å². The van der Waals surface area contributed by atoms with Crippen molar-refractivity contribution in [3.63, 3.8) is 0 Å². The molecule has 0 N–H and O–H groups in total. The summed E-state index contributed by atoms with van der Waals surface area (Å²) in [6.07, 6.45) is 53.8. The molecule has 0 bridgehead atoms. The summed E-state index contributed by atoms with van der Waals surface area (Å²) in [7, 11) is 4.35. The molecule has 0 saturated carbocycles. The summed E-state index contributed by atoms with van der Waals surface area (Å²) < 4.78 is 6.72. The molecule has 1 heterocycles. The number of unbranched alkanes of at least 4 members (excludes halogenated alkanes) is 25. The molecule has 0 amide bonds. The predicted octanol–water partition coefficient (Wildman–Crippen LogP) is 14.2. The minimum Gasteiger partial charge on any atom is -0.370 e. The van der Waals surface area contributed by atoms with Crippen LogP contribution in [0.25, 0.3) is 0 Å². The second-order valence-corrected chi connectivity index (χ2v) is 15.0. The van der Waals surface area contributed by atoms with Crippen LogP contribution in [0.1, 0.15) is 213 Å². The zero-order chi connectivity index (χ0) is 32.5. The van der Waals surface area contributed by atoms with Gasteiger partial charge in [0.05, 0.1) is 12.2 Å². The standard InChI is InChI=1S/C43H83NO/c1-5-7-9-11-13-15-17-19-21-23-25-27-29-31-33-35-41-37-38-42(39-40-44(3)4)45-43(41)36-34-32-30-28-26-24-22-20-18-16-14-12-10-8-6-2/h19,21,37-38,41-43H,5-18,20,22-36,39-40H2,1-4H3/b21-19-. The molecule has 45 heavy (non-hydrogen) atoms. The summed E-state index contributed by atoms with van der Waals surface area (Å²) in [5, 5.41) is 0. The Bertz CT molecular complexity index is 640. The van der Waals surface area contributed by atoms with Gasteiger partial charge >= 0.3 is 0 Å². The van der Waals surface area contributed by atoms with Gasteiger partial charge in [0.1, 0.15) is 0 Å². The molecule has 3 unspecified atom stereocenters. The van der Waals surface area contributed by atoms with Crippen molar-refractivity contribution in [1.29, 1.82) is 0 Å². The van der Waals surface area contributed by atoms with Crippen LogP contribution in [0, 0.1) is 5.92 Å². The van der Waals surface area contributed by atoms with E-state index >= 15 is 0 Å². The lowest BCUT2D eigenvalue weighted by atomic mass is 9.88. The number of ether oxygens (including phenoxy) is 1. The van der Waals surface area contributed by atoms with Gasteiger partial charge in [-0.15, -0.1) is 0 Å². The van der Waals surface area contributed by atoms with Gasteiger partial charge in [0, 0.05) is 12.5 Å². The summed E-state index contributed by atoms with van der Waals surface area (Å²) in [5.74, 6) is 0.636. The SMILES string of the molecule is CCCCCCCC/C=C\CCCCCCCC1C=CC(CCN(C)C)OC1CCCCCCCCCCCCCCCCC. The van der Waals surface area contributed by atoms with Crippen molar-refractivity contribution in [1.82, 2.24) is 4.90 Å². The third-order valence-electron chi connectivity index (χ3n) is 10.2. The predicted molar refractivity (Wildman–Crippen MR) is 203 cm³/mol. The molecule has 0 fully saturated rings. The summed E-state index contributed by atoms with van der Waals surface area (Å²) in [6.45, 7) is 5.72. The van der Waals surface area contributed by atoms with Gasteiger partial charge in [-0.1, -0.05) is 192 Å². The van der Waals surface area contributed by atoms with Gasteiger partial charge in [-0.3, -0.25) is 0 Å². The van der Waals surface area contributed by atoms with E-state index in [1.165, 1.54) is 193 Å². The van der Waals surface area contributed by atoms with Crippen molar-refractivity contribution in [2.45, 2.75) is 225 Å². The summed E-state index contributed by atoms with van der Waals surface area (Å²) in [6, 6.07) is 0. The smallest absolute Gasteiger partial charge is 0.0772 e. The van der Waals surface area contributed by atoms with E-state index in [-0.39, 0.29) is 0 Å². The Balaban J connectivity index is 2.12. The lowest BCUT2D eigenvalue weighted by molar-refractivity contribution is -0.0344. The third kappa shape index (κ3) is 28.2. The molecule has 1 aliphatic heterocycles. The van der Waals surface area contributed by atoms with Crippen LogP contribution in [0.15, 0.2) is 24.3 Å². The molecule has 2 heteroatoms. The number of hydrogen-bond donors (Lipinski definition) is 0. The van der Waals surface area contributed by atoms with Crippen LogP contribution in [-0.4, -0.2) is 37.7 Å². The van der Waals surface area contributed by atoms with Crippen molar-refractivity contribution >= 4 is 0 Å². The molecule has 0 radical (unpaired) electrons. The van der Waals surface area contributed by atoms with Gasteiger partial charge in [-0.2, -0.15) is 0 Å². The average Bonchev–Trinajstić information content (AvgIpc) is 3.04. The van der Waals surface area contributed by atoms with Crippen LogP contribution in [0.5, 0.6) is 0 Å². The molecule has 2 nitrogen and oxygen atoms in total. The molecule has 0 aliphatic carbocycles. The van der Waals surface area contributed by atoms with Gasteiger partial charge in [-0.25, -0.2) is 0 Å². The molecule has 0 aromatic carbocycles. The summed E-state index contributed by atoms with van der Waals surface area (Å²) >= 11 is 0. The van der Waals surface area contributed by atoms with E-state index in [0.717, 1.165) is 13.0 Å². The van der Waals surface area contributed by atoms with Gasteiger partial charge in [-0.05, 0) is 59.0 Å². The average molecular weight is 630 g/mol. The number of allylic oxidation sites excluding steroid dienone is 2. The van der Waals surface area contributed by atoms with Gasteiger partial charge < -0.3 is 9.64 Å². The highest BCUT2D eigenvalue weighted by Gasteiger charge is 2.26. The van der Waals surface area contributed by atoms with E-state index in [1.54, 1.807) is 0 Å². The molecule has 0 aromatic rings. The highest BCUT2D eigenvalue weighted by Crippen LogP contribution is 2.29. The molecular formula is C43H83NO. The van der Waals surface area contributed by atoms with Crippen molar-refractivity contribution in [3.8, 4) is 0 Å². The topological polar surface area (TPSA) is 12.5 Å². The fraction of sp³-hybridized carbons (Fsp3) is 0.907.